The minimum absolute atomic E-state index is 0.0892. The highest BCUT2D eigenvalue weighted by atomic mass is 16.4. The highest BCUT2D eigenvalue weighted by Gasteiger charge is 2.37. The van der Waals surface area contributed by atoms with Gasteiger partial charge in [-0.2, -0.15) is 0 Å². The second-order valence-corrected chi connectivity index (χ2v) is 4.31. The third-order valence-electron chi connectivity index (χ3n) is 2.79. The van der Waals surface area contributed by atoms with Gasteiger partial charge in [0, 0.05) is 13.6 Å². The van der Waals surface area contributed by atoms with Crippen LogP contribution in [0.4, 0.5) is 4.79 Å². The lowest BCUT2D eigenvalue weighted by Gasteiger charge is -2.22. The van der Waals surface area contributed by atoms with E-state index in [0.717, 1.165) is 9.80 Å². The van der Waals surface area contributed by atoms with Crippen molar-refractivity contribution in [3.8, 4) is 0 Å². The zero-order chi connectivity index (χ0) is 14.6. The van der Waals surface area contributed by atoms with Gasteiger partial charge < -0.3 is 15.3 Å². The van der Waals surface area contributed by atoms with Gasteiger partial charge in [0.25, 0.3) is 5.91 Å². The number of imide groups is 1. The maximum Gasteiger partial charge on any atom is 0.323 e. The first-order valence-corrected chi connectivity index (χ1v) is 5.94. The molecule has 4 amide bonds. The van der Waals surface area contributed by atoms with E-state index in [-0.39, 0.29) is 18.9 Å². The standard InChI is InChI=1S/C11H17N3O5/c1-3-4-14(6-9(16)17)11(19)12-7-5-8(15)13(2)10(7)18/h7H,3-6H2,1-2H3,(H,12,19)(H,16,17). The highest BCUT2D eigenvalue weighted by Crippen LogP contribution is 2.11. The molecule has 0 aromatic heterocycles. The van der Waals surface area contributed by atoms with Crippen molar-refractivity contribution in [3.63, 3.8) is 0 Å². The summed E-state index contributed by atoms with van der Waals surface area (Å²) < 4.78 is 0. The molecule has 0 saturated carbocycles. The van der Waals surface area contributed by atoms with Crippen LogP contribution >= 0.6 is 0 Å². The van der Waals surface area contributed by atoms with Crippen molar-refractivity contribution < 1.29 is 24.3 Å². The minimum Gasteiger partial charge on any atom is -0.480 e. The van der Waals surface area contributed by atoms with Crippen LogP contribution in [0.3, 0.4) is 0 Å². The number of likely N-dealkylation sites (tertiary alicyclic amines) is 1. The molecule has 0 aromatic carbocycles. The van der Waals surface area contributed by atoms with Crippen LogP contribution in [0.25, 0.3) is 0 Å². The molecule has 0 aromatic rings. The van der Waals surface area contributed by atoms with Crippen molar-refractivity contribution in [1.29, 1.82) is 0 Å². The monoisotopic (exact) mass is 271 g/mol. The smallest absolute Gasteiger partial charge is 0.323 e. The number of hydrogen-bond acceptors (Lipinski definition) is 4. The van der Waals surface area contributed by atoms with Gasteiger partial charge in [-0.3, -0.25) is 19.3 Å². The number of rotatable bonds is 5. The molecule has 0 aliphatic carbocycles. The van der Waals surface area contributed by atoms with E-state index in [1.807, 2.05) is 0 Å². The van der Waals surface area contributed by atoms with Gasteiger partial charge in [-0.05, 0) is 6.42 Å². The Morgan fingerprint density at radius 3 is 2.53 bits per heavy atom. The normalized spacial score (nSPS) is 18.6. The van der Waals surface area contributed by atoms with Gasteiger partial charge in [0.05, 0.1) is 6.42 Å². The van der Waals surface area contributed by atoms with Crippen LogP contribution in [0, 0.1) is 0 Å². The van der Waals surface area contributed by atoms with Gasteiger partial charge >= 0.3 is 12.0 Å². The molecule has 1 aliphatic rings. The number of amides is 4. The molecule has 0 bridgehead atoms. The van der Waals surface area contributed by atoms with Crippen molar-refractivity contribution in [2.45, 2.75) is 25.8 Å². The predicted octanol–water partition coefficient (Wildman–Crippen LogP) is -0.750. The van der Waals surface area contributed by atoms with Gasteiger partial charge in [0.2, 0.25) is 5.91 Å². The third-order valence-corrected chi connectivity index (χ3v) is 2.79. The van der Waals surface area contributed by atoms with E-state index in [2.05, 4.69) is 5.32 Å². The maximum absolute atomic E-state index is 11.9. The zero-order valence-electron chi connectivity index (χ0n) is 10.9. The lowest BCUT2D eigenvalue weighted by molar-refractivity contribution is -0.138. The van der Waals surface area contributed by atoms with Crippen molar-refractivity contribution in [3.05, 3.63) is 0 Å². The Bertz CT molecular complexity index is 409. The molecule has 19 heavy (non-hydrogen) atoms. The van der Waals surface area contributed by atoms with Crippen LogP contribution in [-0.2, 0) is 14.4 Å². The van der Waals surface area contributed by atoms with Crippen molar-refractivity contribution in [1.82, 2.24) is 15.1 Å². The summed E-state index contributed by atoms with van der Waals surface area (Å²) in [7, 11) is 1.35. The molecule has 106 valence electrons. The number of aliphatic carboxylic acids is 1. The molecular formula is C11H17N3O5. The highest BCUT2D eigenvalue weighted by molar-refractivity contribution is 6.06. The largest absolute Gasteiger partial charge is 0.480 e. The number of nitrogens with zero attached hydrogens (tertiary/aromatic N) is 2. The van der Waals surface area contributed by atoms with Gasteiger partial charge in [-0.25, -0.2) is 4.79 Å². The molecule has 1 aliphatic heterocycles. The minimum atomic E-state index is -1.13. The number of nitrogens with one attached hydrogen (secondary N) is 1. The van der Waals surface area contributed by atoms with E-state index in [1.165, 1.54) is 7.05 Å². The van der Waals surface area contributed by atoms with E-state index in [1.54, 1.807) is 6.92 Å². The second kappa shape index (κ2) is 6.17. The number of carbonyl (C=O) groups is 4. The summed E-state index contributed by atoms with van der Waals surface area (Å²) in [5.74, 6) is -1.98. The fourth-order valence-corrected chi connectivity index (χ4v) is 1.79. The average Bonchev–Trinajstić information content (AvgIpc) is 2.56. The second-order valence-electron chi connectivity index (χ2n) is 4.31. The van der Waals surface area contributed by atoms with Crippen LogP contribution in [0.1, 0.15) is 19.8 Å². The number of carboxylic acid groups (broad SMARTS) is 1. The Kier molecular flexibility index (Phi) is 4.85. The van der Waals surface area contributed by atoms with Crippen molar-refractivity contribution in [2.24, 2.45) is 0 Å². The van der Waals surface area contributed by atoms with Gasteiger partial charge in [0.15, 0.2) is 0 Å². The lowest BCUT2D eigenvalue weighted by atomic mass is 10.2. The van der Waals surface area contributed by atoms with Crippen LogP contribution in [0.5, 0.6) is 0 Å². The van der Waals surface area contributed by atoms with Crippen LogP contribution in [0.2, 0.25) is 0 Å². The number of carbonyl (C=O) groups excluding carboxylic acids is 3. The first kappa shape index (κ1) is 14.9. The molecule has 1 atom stereocenters. The fourth-order valence-electron chi connectivity index (χ4n) is 1.79. The first-order valence-electron chi connectivity index (χ1n) is 5.94. The molecule has 1 saturated heterocycles. The van der Waals surface area contributed by atoms with E-state index in [4.69, 9.17) is 5.11 Å². The summed E-state index contributed by atoms with van der Waals surface area (Å²) in [6, 6.07) is -1.55. The van der Waals surface area contributed by atoms with Crippen LogP contribution < -0.4 is 5.32 Å². The molecule has 1 unspecified atom stereocenters. The molecule has 0 spiro atoms. The Labute approximate surface area is 110 Å². The molecule has 8 heteroatoms. The lowest BCUT2D eigenvalue weighted by Crippen LogP contribution is -2.49. The molecule has 1 heterocycles. The Morgan fingerprint density at radius 2 is 2.11 bits per heavy atom. The predicted molar refractivity (Wildman–Crippen MR) is 64.2 cm³/mol. The molecule has 0 radical (unpaired) electrons. The number of likely N-dealkylation sites (N-methyl/N-ethyl adjacent to an activating group) is 1. The van der Waals surface area contributed by atoms with Crippen molar-refractivity contribution >= 4 is 23.8 Å². The summed E-state index contributed by atoms with van der Waals surface area (Å²) in [4.78, 5) is 47.4. The van der Waals surface area contributed by atoms with Gasteiger partial charge in [-0.15, -0.1) is 0 Å². The van der Waals surface area contributed by atoms with Gasteiger partial charge in [0.1, 0.15) is 12.6 Å². The first-order chi connectivity index (χ1) is 8.86. The molecule has 1 fully saturated rings. The SMILES string of the molecule is CCCN(CC(=O)O)C(=O)NC1CC(=O)N(C)C1=O. The average molecular weight is 271 g/mol. The topological polar surface area (TPSA) is 107 Å². The summed E-state index contributed by atoms with van der Waals surface area (Å²) in [6.07, 6.45) is 0.506. The number of hydrogen-bond donors (Lipinski definition) is 2. The summed E-state index contributed by atoms with van der Waals surface area (Å²) in [5.41, 5.74) is 0. The number of urea groups is 1. The van der Waals surface area contributed by atoms with Crippen LogP contribution in [-0.4, -0.2) is 64.9 Å². The van der Waals surface area contributed by atoms with Crippen LogP contribution in [0.15, 0.2) is 0 Å². The molecule has 2 N–H and O–H groups in total. The zero-order valence-corrected chi connectivity index (χ0v) is 10.9. The summed E-state index contributed by atoms with van der Waals surface area (Å²) >= 11 is 0. The van der Waals surface area contributed by atoms with E-state index in [9.17, 15) is 19.2 Å². The molecular weight excluding hydrogens is 254 g/mol. The maximum atomic E-state index is 11.9. The van der Waals surface area contributed by atoms with Gasteiger partial charge in [-0.1, -0.05) is 6.92 Å². The Hall–Kier alpha value is -2.12. The Morgan fingerprint density at radius 1 is 1.47 bits per heavy atom. The summed E-state index contributed by atoms with van der Waals surface area (Å²) in [6.45, 7) is 1.63. The van der Waals surface area contributed by atoms with E-state index < -0.39 is 30.5 Å². The quantitative estimate of drug-likeness (QED) is 0.640. The molecule has 8 nitrogen and oxygen atoms in total. The Balaban J connectivity index is 2.64. The fraction of sp³-hybridized carbons (Fsp3) is 0.636. The van der Waals surface area contributed by atoms with E-state index in [0.29, 0.717) is 6.42 Å². The third kappa shape index (κ3) is 3.67. The molecule has 1 rings (SSSR count). The summed E-state index contributed by atoms with van der Waals surface area (Å²) in [5, 5.41) is 11.1. The van der Waals surface area contributed by atoms with Crippen molar-refractivity contribution in [2.75, 3.05) is 20.1 Å². The van der Waals surface area contributed by atoms with E-state index >= 15 is 0 Å². The number of carboxylic acids is 1.